The van der Waals surface area contributed by atoms with Crippen molar-refractivity contribution in [3.05, 3.63) is 21.0 Å². The van der Waals surface area contributed by atoms with Crippen LogP contribution in [0.25, 0.3) is 0 Å². The molecule has 0 amide bonds. The summed E-state index contributed by atoms with van der Waals surface area (Å²) in [4.78, 5) is 12.2. The minimum atomic E-state index is -0.0359. The molecule has 0 spiro atoms. The van der Waals surface area contributed by atoms with Crippen molar-refractivity contribution in [2.45, 2.75) is 63.3 Å². The highest BCUT2D eigenvalue weighted by Crippen LogP contribution is 2.29. The van der Waals surface area contributed by atoms with E-state index in [4.69, 9.17) is 0 Å². The number of aryl methyl sites for hydroxylation is 1. The van der Waals surface area contributed by atoms with Gasteiger partial charge in [0.2, 0.25) is 0 Å². The van der Waals surface area contributed by atoms with Gasteiger partial charge in [0.15, 0.2) is 0 Å². The smallest absolute Gasteiger partial charge is 0.283 e. The van der Waals surface area contributed by atoms with Crippen LogP contribution in [0.3, 0.4) is 0 Å². The van der Waals surface area contributed by atoms with Crippen LogP contribution in [0.15, 0.2) is 15.5 Å². The van der Waals surface area contributed by atoms with Gasteiger partial charge in [0.25, 0.3) is 5.56 Å². The third-order valence-electron chi connectivity index (χ3n) is 4.08. The lowest BCUT2D eigenvalue weighted by molar-refractivity contribution is 0.472. The number of nitrogens with one attached hydrogen (secondary N) is 1. The molecule has 0 atom stereocenters. The molecule has 0 radical (unpaired) electrons. The summed E-state index contributed by atoms with van der Waals surface area (Å²) in [6.45, 7) is 2.80. The van der Waals surface area contributed by atoms with Crippen molar-refractivity contribution >= 4 is 33.4 Å². The van der Waals surface area contributed by atoms with Gasteiger partial charge in [-0.05, 0) is 54.3 Å². The van der Waals surface area contributed by atoms with Crippen LogP contribution >= 0.6 is 27.7 Å². The van der Waals surface area contributed by atoms with Crippen molar-refractivity contribution in [1.82, 2.24) is 9.78 Å². The summed E-state index contributed by atoms with van der Waals surface area (Å²) in [6, 6.07) is 0.456. The van der Waals surface area contributed by atoms with E-state index in [1.54, 1.807) is 10.9 Å². The van der Waals surface area contributed by atoms with Gasteiger partial charge >= 0.3 is 0 Å². The molecular formula is C15H24BrN3OS. The molecule has 21 heavy (non-hydrogen) atoms. The predicted octanol–water partition coefficient (Wildman–Crippen LogP) is 3.89. The number of hydrogen-bond donors (Lipinski definition) is 1. The second-order valence-electron chi connectivity index (χ2n) is 5.61. The van der Waals surface area contributed by atoms with Crippen LogP contribution in [0, 0.1) is 0 Å². The van der Waals surface area contributed by atoms with E-state index in [1.807, 2.05) is 11.8 Å². The summed E-state index contributed by atoms with van der Waals surface area (Å²) >= 11 is 5.40. The van der Waals surface area contributed by atoms with Crippen molar-refractivity contribution in [3.8, 4) is 0 Å². The van der Waals surface area contributed by atoms with Gasteiger partial charge < -0.3 is 5.32 Å². The number of unbranched alkanes of at least 4 members (excludes halogenated alkanes) is 1. The molecule has 0 aliphatic heterocycles. The molecule has 6 heteroatoms. The Morgan fingerprint density at radius 3 is 2.76 bits per heavy atom. The zero-order valence-corrected chi connectivity index (χ0v) is 15.2. The van der Waals surface area contributed by atoms with Gasteiger partial charge in [-0.15, -0.1) is 0 Å². The fourth-order valence-corrected chi connectivity index (χ4v) is 3.86. The number of hydrogen-bond acceptors (Lipinski definition) is 4. The van der Waals surface area contributed by atoms with Gasteiger partial charge in [-0.2, -0.15) is 16.9 Å². The Kier molecular flexibility index (Phi) is 6.61. The molecule has 1 aliphatic carbocycles. The molecule has 0 unspecified atom stereocenters. The van der Waals surface area contributed by atoms with Crippen LogP contribution < -0.4 is 10.9 Å². The Morgan fingerprint density at radius 2 is 2.14 bits per heavy atom. The van der Waals surface area contributed by atoms with E-state index < -0.39 is 0 Å². The highest BCUT2D eigenvalue weighted by Gasteiger charge is 2.21. The van der Waals surface area contributed by atoms with E-state index in [0.29, 0.717) is 17.1 Å². The molecule has 2 rings (SSSR count). The van der Waals surface area contributed by atoms with Crippen LogP contribution in [-0.2, 0) is 6.54 Å². The maximum Gasteiger partial charge on any atom is 0.283 e. The topological polar surface area (TPSA) is 46.9 Å². The van der Waals surface area contributed by atoms with E-state index in [2.05, 4.69) is 39.5 Å². The fourth-order valence-electron chi connectivity index (χ4n) is 2.70. The second-order valence-corrected chi connectivity index (χ2v) is 7.54. The van der Waals surface area contributed by atoms with Crippen molar-refractivity contribution in [2.75, 3.05) is 11.6 Å². The Labute approximate surface area is 139 Å². The lowest BCUT2D eigenvalue weighted by Gasteiger charge is -2.28. The molecule has 1 N–H and O–H groups in total. The molecule has 0 aromatic carbocycles. The molecule has 4 nitrogen and oxygen atoms in total. The predicted molar refractivity (Wildman–Crippen MR) is 94.3 cm³/mol. The number of rotatable bonds is 6. The maximum absolute atomic E-state index is 12.2. The Morgan fingerprint density at radius 1 is 1.43 bits per heavy atom. The number of aromatic nitrogens is 2. The average Bonchev–Trinajstić information content (AvgIpc) is 2.52. The molecule has 1 fully saturated rings. The summed E-state index contributed by atoms with van der Waals surface area (Å²) in [7, 11) is 0. The zero-order valence-electron chi connectivity index (χ0n) is 12.8. The number of nitrogens with zero attached hydrogens (tertiary/aromatic N) is 2. The number of thioether (sulfide) groups is 1. The zero-order chi connectivity index (χ0) is 15.2. The van der Waals surface area contributed by atoms with E-state index in [-0.39, 0.29) is 5.56 Å². The first-order chi connectivity index (χ1) is 10.2. The molecule has 1 heterocycles. The van der Waals surface area contributed by atoms with Crippen LogP contribution in [0.4, 0.5) is 5.69 Å². The molecule has 0 bridgehead atoms. The van der Waals surface area contributed by atoms with E-state index in [0.717, 1.165) is 36.6 Å². The highest BCUT2D eigenvalue weighted by atomic mass is 79.9. The van der Waals surface area contributed by atoms with Gasteiger partial charge in [-0.25, -0.2) is 4.68 Å². The molecule has 1 aromatic rings. The molecular weight excluding hydrogens is 350 g/mol. The largest absolute Gasteiger partial charge is 0.380 e. The van der Waals surface area contributed by atoms with Crippen LogP contribution in [0.5, 0.6) is 0 Å². The van der Waals surface area contributed by atoms with Crippen molar-refractivity contribution < 1.29 is 0 Å². The monoisotopic (exact) mass is 373 g/mol. The molecule has 0 saturated heterocycles. The summed E-state index contributed by atoms with van der Waals surface area (Å²) in [5.41, 5.74) is 0.798. The first-order valence-electron chi connectivity index (χ1n) is 7.70. The number of anilines is 1. The summed E-state index contributed by atoms with van der Waals surface area (Å²) < 4.78 is 2.16. The average molecular weight is 374 g/mol. The van der Waals surface area contributed by atoms with E-state index in [9.17, 15) is 4.79 Å². The van der Waals surface area contributed by atoms with Gasteiger partial charge in [-0.1, -0.05) is 13.3 Å². The first-order valence-corrected chi connectivity index (χ1v) is 9.78. The Balaban J connectivity index is 2.01. The lowest BCUT2D eigenvalue weighted by atomic mass is 9.95. The second kappa shape index (κ2) is 8.22. The molecule has 1 aliphatic rings. The highest BCUT2D eigenvalue weighted by molar-refractivity contribution is 9.10. The Hall–Kier alpha value is -0.490. The molecule has 118 valence electrons. The number of halogens is 1. The quantitative estimate of drug-likeness (QED) is 0.821. The van der Waals surface area contributed by atoms with Gasteiger partial charge in [0.05, 0.1) is 11.9 Å². The fraction of sp³-hybridized carbons (Fsp3) is 0.733. The first kappa shape index (κ1) is 16.9. The van der Waals surface area contributed by atoms with Crippen LogP contribution in [0.2, 0.25) is 0 Å². The summed E-state index contributed by atoms with van der Waals surface area (Å²) in [5.74, 6) is 0. The SMILES string of the molecule is CCCCn1ncc(NC2CCC(SC)CC2)c(Br)c1=O. The maximum atomic E-state index is 12.2. The standard InChI is InChI=1S/C15H24BrN3OS/c1-3-4-9-19-15(20)14(16)13(10-17-19)18-11-5-7-12(21-2)8-6-11/h10-12,18H,3-9H2,1-2H3. The van der Waals surface area contributed by atoms with Crippen LogP contribution in [0.1, 0.15) is 45.4 Å². The molecule has 1 aromatic heterocycles. The van der Waals surface area contributed by atoms with Crippen molar-refractivity contribution in [1.29, 1.82) is 0 Å². The van der Waals surface area contributed by atoms with E-state index in [1.165, 1.54) is 12.8 Å². The lowest BCUT2D eigenvalue weighted by Crippen LogP contribution is -2.30. The molecule has 1 saturated carbocycles. The van der Waals surface area contributed by atoms with Gasteiger partial charge in [-0.3, -0.25) is 4.79 Å². The van der Waals surface area contributed by atoms with Crippen molar-refractivity contribution in [3.63, 3.8) is 0 Å². The minimum Gasteiger partial charge on any atom is -0.380 e. The van der Waals surface area contributed by atoms with Crippen molar-refractivity contribution in [2.24, 2.45) is 0 Å². The summed E-state index contributed by atoms with van der Waals surface area (Å²) in [5, 5.41) is 8.56. The normalized spacial score (nSPS) is 22.2. The third kappa shape index (κ3) is 4.49. The minimum absolute atomic E-state index is 0.0359. The van der Waals surface area contributed by atoms with E-state index >= 15 is 0 Å². The van der Waals surface area contributed by atoms with Crippen LogP contribution in [-0.4, -0.2) is 27.3 Å². The third-order valence-corrected chi connectivity index (χ3v) is 5.98. The Bertz CT molecular complexity index is 512. The summed E-state index contributed by atoms with van der Waals surface area (Å²) in [6.07, 6.45) is 10.8. The van der Waals surface area contributed by atoms with Gasteiger partial charge in [0, 0.05) is 17.8 Å². The van der Waals surface area contributed by atoms with Gasteiger partial charge in [0.1, 0.15) is 4.47 Å².